The molecular weight excluding hydrogens is 404 g/mol. The van der Waals surface area contributed by atoms with Gasteiger partial charge >= 0.3 is 5.63 Å². The maximum Gasteiger partial charge on any atom is 0.339 e. The topological polar surface area (TPSA) is 71.8 Å². The molecule has 0 bridgehead atoms. The fourth-order valence-electron chi connectivity index (χ4n) is 6.04. The van der Waals surface area contributed by atoms with Crippen LogP contribution < -0.4 is 15.7 Å². The van der Waals surface area contributed by atoms with Crippen molar-refractivity contribution >= 4 is 16.9 Å². The number of hydrogen-bond acceptors (Lipinski definition) is 5. The lowest BCUT2D eigenvalue weighted by Gasteiger charge is -2.44. The highest BCUT2D eigenvalue weighted by atomic mass is 16.5. The Bertz CT molecular complexity index is 1060. The highest BCUT2D eigenvalue weighted by Gasteiger charge is 2.33. The number of piperidine rings is 2. The summed E-state index contributed by atoms with van der Waals surface area (Å²) in [6.07, 6.45) is 10.1. The summed E-state index contributed by atoms with van der Waals surface area (Å²) in [5.41, 5.74) is 3.10. The van der Waals surface area contributed by atoms with Crippen LogP contribution in [0, 0.1) is 12.8 Å². The van der Waals surface area contributed by atoms with Crippen LogP contribution in [0.15, 0.2) is 21.3 Å². The van der Waals surface area contributed by atoms with Crippen molar-refractivity contribution in [1.82, 2.24) is 10.2 Å². The van der Waals surface area contributed by atoms with Crippen molar-refractivity contribution in [3.05, 3.63) is 39.2 Å². The molecule has 5 rings (SSSR count). The van der Waals surface area contributed by atoms with E-state index in [1.165, 1.54) is 45.2 Å². The van der Waals surface area contributed by atoms with Crippen molar-refractivity contribution < 1.29 is 13.9 Å². The molecular formula is C26H34N2O4. The lowest BCUT2D eigenvalue weighted by molar-refractivity contribution is -0.123. The highest BCUT2D eigenvalue weighted by Crippen LogP contribution is 2.33. The zero-order valence-corrected chi connectivity index (χ0v) is 19.1. The molecule has 3 aliphatic rings. The number of ether oxygens (including phenoxy) is 1. The van der Waals surface area contributed by atoms with Crippen LogP contribution in [0.5, 0.6) is 5.75 Å². The van der Waals surface area contributed by atoms with E-state index in [4.69, 9.17) is 9.15 Å². The number of benzene rings is 1. The number of amides is 1. The molecule has 1 N–H and O–H groups in total. The van der Waals surface area contributed by atoms with Crippen LogP contribution in [0.1, 0.15) is 61.6 Å². The smallest absolute Gasteiger partial charge is 0.339 e. The van der Waals surface area contributed by atoms with Crippen molar-refractivity contribution in [2.75, 3.05) is 26.2 Å². The number of rotatable bonds is 5. The quantitative estimate of drug-likeness (QED) is 0.720. The first-order chi connectivity index (χ1) is 15.6. The van der Waals surface area contributed by atoms with E-state index in [1.807, 2.05) is 19.1 Å². The highest BCUT2D eigenvalue weighted by molar-refractivity contribution is 5.86. The first-order valence-electron chi connectivity index (χ1n) is 12.3. The fraction of sp³-hybridized carbons (Fsp3) is 0.615. The van der Waals surface area contributed by atoms with Crippen molar-refractivity contribution in [2.45, 2.75) is 70.8 Å². The summed E-state index contributed by atoms with van der Waals surface area (Å²) in [6.45, 7) is 5.01. The number of carbonyl (C=O) groups is 1. The van der Waals surface area contributed by atoms with Gasteiger partial charge in [-0.15, -0.1) is 0 Å². The summed E-state index contributed by atoms with van der Waals surface area (Å²) >= 11 is 0. The minimum Gasteiger partial charge on any atom is -0.483 e. The van der Waals surface area contributed by atoms with Gasteiger partial charge in [0, 0.05) is 29.1 Å². The number of fused-ring (bicyclic) bond motifs is 4. The van der Waals surface area contributed by atoms with Gasteiger partial charge in [0.2, 0.25) is 0 Å². The predicted octanol–water partition coefficient (Wildman–Crippen LogP) is 3.74. The van der Waals surface area contributed by atoms with Gasteiger partial charge in [0.15, 0.2) is 6.61 Å². The third kappa shape index (κ3) is 4.17. The van der Waals surface area contributed by atoms with Crippen LogP contribution >= 0.6 is 0 Å². The molecule has 172 valence electrons. The Morgan fingerprint density at radius 3 is 2.78 bits per heavy atom. The van der Waals surface area contributed by atoms with Crippen molar-refractivity contribution in [2.24, 2.45) is 5.92 Å². The Labute approximate surface area is 189 Å². The lowest BCUT2D eigenvalue weighted by atomic mass is 9.83. The molecule has 0 unspecified atom stereocenters. The molecule has 6 heteroatoms. The Morgan fingerprint density at radius 1 is 1.09 bits per heavy atom. The number of carbonyl (C=O) groups excluding carboxylic acids is 1. The predicted molar refractivity (Wildman–Crippen MR) is 124 cm³/mol. The van der Waals surface area contributed by atoms with E-state index in [9.17, 15) is 9.59 Å². The van der Waals surface area contributed by atoms with E-state index in [0.29, 0.717) is 23.3 Å². The maximum atomic E-state index is 12.5. The minimum absolute atomic E-state index is 0.0252. The average Bonchev–Trinajstić information content (AvgIpc) is 2.83. The summed E-state index contributed by atoms with van der Waals surface area (Å²) in [5.74, 6) is 1.04. The Balaban J connectivity index is 1.23. The SMILES string of the molecule is Cc1c(OCC(=O)NC[C@H]2CCCN3CCCC[C@@H]23)ccc2c3c(c(=O)oc12)CCCC3. The zero-order valence-electron chi connectivity index (χ0n) is 19.1. The zero-order chi connectivity index (χ0) is 22.1. The Kier molecular flexibility index (Phi) is 6.22. The molecule has 32 heavy (non-hydrogen) atoms. The third-order valence-electron chi connectivity index (χ3n) is 7.74. The molecule has 1 aromatic heterocycles. The van der Waals surface area contributed by atoms with Crippen LogP contribution in [-0.4, -0.2) is 43.1 Å². The molecule has 2 saturated heterocycles. The van der Waals surface area contributed by atoms with Gasteiger partial charge in [-0.3, -0.25) is 4.79 Å². The minimum atomic E-state index is -0.227. The Hall–Kier alpha value is -2.34. The Morgan fingerprint density at radius 2 is 1.91 bits per heavy atom. The maximum absolute atomic E-state index is 12.5. The first-order valence-corrected chi connectivity index (χ1v) is 12.3. The van der Waals surface area contributed by atoms with Crippen molar-refractivity contribution in [3.63, 3.8) is 0 Å². The molecule has 6 nitrogen and oxygen atoms in total. The standard InChI is InChI=1S/C26H34N2O4/c1-17-23(12-11-20-19-8-2-3-9-21(19)26(30)32-25(17)20)31-16-24(29)27-15-18-7-6-14-28-13-5-4-10-22(18)28/h11-12,18,22H,2-10,13-16H2,1H3,(H,27,29)/t18-,22+/m1/s1. The van der Waals surface area contributed by atoms with E-state index >= 15 is 0 Å². The average molecular weight is 439 g/mol. The first kappa shape index (κ1) is 21.5. The third-order valence-corrected chi connectivity index (χ3v) is 7.74. The summed E-state index contributed by atoms with van der Waals surface area (Å²) in [4.78, 5) is 27.6. The van der Waals surface area contributed by atoms with Gasteiger partial charge in [-0.1, -0.05) is 6.42 Å². The van der Waals surface area contributed by atoms with Gasteiger partial charge in [-0.25, -0.2) is 4.79 Å². The van der Waals surface area contributed by atoms with E-state index in [0.717, 1.165) is 54.3 Å². The number of nitrogens with one attached hydrogen (secondary N) is 1. The summed E-state index contributed by atoms with van der Waals surface area (Å²) in [5, 5.41) is 4.10. The van der Waals surface area contributed by atoms with E-state index in [-0.39, 0.29) is 18.1 Å². The van der Waals surface area contributed by atoms with Crippen LogP contribution in [0.25, 0.3) is 11.0 Å². The monoisotopic (exact) mass is 438 g/mol. The van der Waals surface area contributed by atoms with Gasteiger partial charge < -0.3 is 19.4 Å². The van der Waals surface area contributed by atoms with Crippen LogP contribution in [0.3, 0.4) is 0 Å². The molecule has 1 aliphatic carbocycles. The second-order valence-corrected chi connectivity index (χ2v) is 9.71. The van der Waals surface area contributed by atoms with Crippen LogP contribution in [0.4, 0.5) is 0 Å². The van der Waals surface area contributed by atoms with Crippen molar-refractivity contribution in [1.29, 1.82) is 0 Å². The van der Waals surface area contributed by atoms with E-state index in [2.05, 4.69) is 10.2 Å². The molecule has 0 spiro atoms. The van der Waals surface area contributed by atoms with Crippen LogP contribution in [-0.2, 0) is 17.6 Å². The molecule has 0 saturated carbocycles. The van der Waals surface area contributed by atoms with Gasteiger partial charge in [0.1, 0.15) is 11.3 Å². The van der Waals surface area contributed by atoms with E-state index in [1.54, 1.807) is 0 Å². The van der Waals surface area contributed by atoms with Gasteiger partial charge in [-0.2, -0.15) is 0 Å². The molecule has 2 atom stereocenters. The fourth-order valence-corrected chi connectivity index (χ4v) is 6.04. The van der Waals surface area contributed by atoms with Gasteiger partial charge in [0.25, 0.3) is 5.91 Å². The summed E-state index contributed by atoms with van der Waals surface area (Å²) < 4.78 is 11.5. The van der Waals surface area contributed by atoms with Crippen molar-refractivity contribution in [3.8, 4) is 5.75 Å². The second kappa shape index (κ2) is 9.26. The second-order valence-electron chi connectivity index (χ2n) is 9.71. The number of hydrogen-bond donors (Lipinski definition) is 1. The number of aryl methyl sites for hydroxylation is 2. The summed E-state index contributed by atoms with van der Waals surface area (Å²) in [6, 6.07) is 4.50. The van der Waals surface area contributed by atoms with Gasteiger partial charge in [0.05, 0.1) is 0 Å². The van der Waals surface area contributed by atoms with E-state index < -0.39 is 0 Å². The lowest BCUT2D eigenvalue weighted by Crippen LogP contribution is -2.51. The molecule has 1 amide bonds. The molecule has 2 aromatic rings. The molecule has 3 heterocycles. The summed E-state index contributed by atoms with van der Waals surface area (Å²) in [7, 11) is 0. The molecule has 2 fully saturated rings. The van der Waals surface area contributed by atoms with Gasteiger partial charge in [-0.05, 0) is 95.0 Å². The largest absolute Gasteiger partial charge is 0.483 e. The molecule has 0 radical (unpaired) electrons. The normalized spacial score (nSPS) is 23.4. The number of nitrogens with zero attached hydrogens (tertiary/aromatic N) is 1. The molecule has 2 aliphatic heterocycles. The molecule has 1 aromatic carbocycles. The van der Waals surface area contributed by atoms with Crippen LogP contribution in [0.2, 0.25) is 0 Å².